The maximum absolute atomic E-state index is 14.8. The van der Waals surface area contributed by atoms with Crippen LogP contribution in [0.1, 0.15) is 58.6 Å². The van der Waals surface area contributed by atoms with E-state index in [1.165, 1.54) is 31.4 Å². The second-order valence-electron chi connectivity index (χ2n) is 7.69. The summed E-state index contributed by atoms with van der Waals surface area (Å²) in [5.41, 5.74) is 3.35. The molecule has 0 aliphatic heterocycles. The number of aromatic amines is 1. The van der Waals surface area contributed by atoms with E-state index in [0.29, 0.717) is 47.0 Å². The van der Waals surface area contributed by atoms with Gasteiger partial charge in [-0.05, 0) is 43.5 Å². The highest BCUT2D eigenvalue weighted by Gasteiger charge is 2.25. The van der Waals surface area contributed by atoms with Gasteiger partial charge in [0, 0.05) is 42.7 Å². The number of carbonyl (C=O) groups is 1. The van der Waals surface area contributed by atoms with E-state index in [4.69, 9.17) is 0 Å². The molecule has 156 valence electrons. The molecule has 5 rings (SSSR count). The number of aromatic nitrogens is 5. The van der Waals surface area contributed by atoms with Crippen LogP contribution in [0.25, 0.3) is 11.0 Å². The summed E-state index contributed by atoms with van der Waals surface area (Å²) in [6, 6.07) is 7.21. The lowest BCUT2D eigenvalue weighted by Gasteiger charge is -2.07. The van der Waals surface area contributed by atoms with Crippen LogP contribution < -0.4 is 5.32 Å². The summed E-state index contributed by atoms with van der Waals surface area (Å²) in [7, 11) is 0. The first-order valence-corrected chi connectivity index (χ1v) is 10.3. The van der Waals surface area contributed by atoms with E-state index in [9.17, 15) is 9.18 Å². The van der Waals surface area contributed by atoms with Gasteiger partial charge in [-0.25, -0.2) is 15.0 Å². The maximum atomic E-state index is 14.8. The molecule has 1 aliphatic carbocycles. The standard InChI is InChI=1S/C23H21FN6O/c1-2-25-22-19-17(11-27-23(19)29-12-28-22)20(31)16-7-6-15(30-21(16)24)9-13-3-8-18(26-10-13)14-4-5-14/h3,6-8,10-12,14H,2,4-5,9H2,1H3,(H2,25,27,28,29). The summed E-state index contributed by atoms with van der Waals surface area (Å²) >= 11 is 0. The van der Waals surface area contributed by atoms with Crippen LogP contribution in [-0.4, -0.2) is 37.2 Å². The number of nitrogens with one attached hydrogen (secondary N) is 2. The Morgan fingerprint density at radius 3 is 2.74 bits per heavy atom. The third-order valence-corrected chi connectivity index (χ3v) is 5.44. The fourth-order valence-electron chi connectivity index (χ4n) is 3.70. The number of hydrogen-bond acceptors (Lipinski definition) is 6. The summed E-state index contributed by atoms with van der Waals surface area (Å²) in [5.74, 6) is -0.129. The minimum Gasteiger partial charge on any atom is -0.370 e. The molecule has 1 aliphatic rings. The summed E-state index contributed by atoms with van der Waals surface area (Å²) in [6.45, 7) is 2.56. The highest BCUT2D eigenvalue weighted by molar-refractivity contribution is 6.17. The van der Waals surface area contributed by atoms with Crippen molar-refractivity contribution in [2.45, 2.75) is 32.1 Å². The van der Waals surface area contributed by atoms with Gasteiger partial charge in [-0.3, -0.25) is 9.78 Å². The molecule has 0 spiro atoms. The predicted molar refractivity (Wildman–Crippen MR) is 115 cm³/mol. The predicted octanol–water partition coefficient (Wildman–Crippen LogP) is 4.02. The van der Waals surface area contributed by atoms with E-state index in [1.807, 2.05) is 25.3 Å². The van der Waals surface area contributed by atoms with E-state index < -0.39 is 11.7 Å². The van der Waals surface area contributed by atoms with Crippen LogP contribution in [0.5, 0.6) is 0 Å². The molecule has 0 aromatic carbocycles. The number of pyridine rings is 2. The van der Waals surface area contributed by atoms with Gasteiger partial charge in [-0.15, -0.1) is 0 Å². The van der Waals surface area contributed by atoms with Gasteiger partial charge < -0.3 is 10.3 Å². The van der Waals surface area contributed by atoms with Gasteiger partial charge in [0.05, 0.1) is 16.5 Å². The third kappa shape index (κ3) is 3.76. The largest absolute Gasteiger partial charge is 0.370 e. The number of halogens is 1. The van der Waals surface area contributed by atoms with Crippen LogP contribution in [0.15, 0.2) is 43.0 Å². The summed E-state index contributed by atoms with van der Waals surface area (Å²) in [4.78, 5) is 32.9. The minimum absolute atomic E-state index is 0.0850. The Labute approximate surface area is 178 Å². The highest BCUT2D eigenvalue weighted by Crippen LogP contribution is 2.38. The molecule has 8 heteroatoms. The number of fused-ring (bicyclic) bond motifs is 1. The molecule has 31 heavy (non-hydrogen) atoms. The number of nitrogens with zero attached hydrogens (tertiary/aromatic N) is 4. The number of carbonyl (C=O) groups excluding carboxylic acids is 1. The van der Waals surface area contributed by atoms with E-state index in [1.54, 1.807) is 6.07 Å². The van der Waals surface area contributed by atoms with E-state index in [-0.39, 0.29) is 5.56 Å². The van der Waals surface area contributed by atoms with Crippen LogP contribution in [-0.2, 0) is 6.42 Å². The van der Waals surface area contributed by atoms with Crippen molar-refractivity contribution < 1.29 is 9.18 Å². The van der Waals surface area contributed by atoms with Gasteiger partial charge in [-0.1, -0.05) is 6.07 Å². The SMILES string of the molecule is CCNc1ncnc2[nH]cc(C(=O)c3ccc(Cc4ccc(C5CC5)nc4)nc3F)c12. The Morgan fingerprint density at radius 1 is 1.16 bits per heavy atom. The van der Waals surface area contributed by atoms with Crippen molar-refractivity contribution in [3.05, 3.63) is 77.0 Å². The van der Waals surface area contributed by atoms with Gasteiger partial charge in [0.25, 0.3) is 0 Å². The van der Waals surface area contributed by atoms with E-state index in [0.717, 1.165) is 11.3 Å². The zero-order valence-electron chi connectivity index (χ0n) is 17.0. The second kappa shape index (κ2) is 7.86. The Bertz CT molecular complexity index is 1260. The molecule has 7 nitrogen and oxygen atoms in total. The molecule has 0 radical (unpaired) electrons. The van der Waals surface area contributed by atoms with Gasteiger partial charge in [0.15, 0.2) is 5.78 Å². The molecule has 4 aromatic rings. The zero-order valence-corrected chi connectivity index (χ0v) is 17.0. The molecule has 0 bridgehead atoms. The number of H-pyrrole nitrogens is 1. The van der Waals surface area contributed by atoms with E-state index >= 15 is 0 Å². The Morgan fingerprint density at radius 2 is 2.03 bits per heavy atom. The quantitative estimate of drug-likeness (QED) is 0.349. The Kier molecular flexibility index (Phi) is 4.89. The second-order valence-corrected chi connectivity index (χ2v) is 7.69. The van der Waals surface area contributed by atoms with Crippen LogP contribution in [0.4, 0.5) is 10.2 Å². The zero-order chi connectivity index (χ0) is 21.4. The number of anilines is 1. The minimum atomic E-state index is -0.791. The first kappa shape index (κ1) is 19.3. The first-order chi connectivity index (χ1) is 15.1. The van der Waals surface area contributed by atoms with Gasteiger partial charge in [0.2, 0.25) is 5.95 Å². The molecular formula is C23H21FN6O. The number of rotatable bonds is 7. The number of hydrogen-bond donors (Lipinski definition) is 2. The van der Waals surface area contributed by atoms with Crippen LogP contribution in [0.3, 0.4) is 0 Å². The molecule has 0 unspecified atom stereocenters. The molecule has 1 fully saturated rings. The molecule has 4 aromatic heterocycles. The van der Waals surface area contributed by atoms with Crippen molar-refractivity contribution >= 4 is 22.6 Å². The summed E-state index contributed by atoms with van der Waals surface area (Å²) in [6.07, 6.45) is 7.62. The van der Waals surface area contributed by atoms with Crippen LogP contribution in [0, 0.1) is 5.95 Å². The molecule has 4 heterocycles. The first-order valence-electron chi connectivity index (χ1n) is 10.3. The lowest BCUT2D eigenvalue weighted by Crippen LogP contribution is -2.08. The van der Waals surface area contributed by atoms with E-state index in [2.05, 4.69) is 30.2 Å². The highest BCUT2D eigenvalue weighted by atomic mass is 19.1. The lowest BCUT2D eigenvalue weighted by molar-refractivity contribution is 0.103. The van der Waals surface area contributed by atoms with Crippen molar-refractivity contribution in [3.63, 3.8) is 0 Å². The average Bonchev–Trinajstić information content (AvgIpc) is 3.53. The van der Waals surface area contributed by atoms with Crippen molar-refractivity contribution in [1.29, 1.82) is 0 Å². The Hall–Kier alpha value is -3.68. The van der Waals surface area contributed by atoms with Gasteiger partial charge >= 0.3 is 0 Å². The van der Waals surface area contributed by atoms with Crippen LogP contribution >= 0.6 is 0 Å². The van der Waals surface area contributed by atoms with Gasteiger partial charge in [-0.2, -0.15) is 4.39 Å². The average molecular weight is 416 g/mol. The smallest absolute Gasteiger partial charge is 0.224 e. The fraction of sp³-hybridized carbons (Fsp3) is 0.261. The monoisotopic (exact) mass is 416 g/mol. The normalized spacial score (nSPS) is 13.5. The lowest BCUT2D eigenvalue weighted by atomic mass is 10.0. The fourth-order valence-corrected chi connectivity index (χ4v) is 3.70. The molecule has 0 saturated heterocycles. The third-order valence-electron chi connectivity index (χ3n) is 5.44. The maximum Gasteiger partial charge on any atom is 0.224 e. The van der Waals surface area contributed by atoms with Gasteiger partial charge in [0.1, 0.15) is 17.8 Å². The Balaban J connectivity index is 1.41. The molecule has 0 atom stereocenters. The van der Waals surface area contributed by atoms with Crippen LogP contribution in [0.2, 0.25) is 0 Å². The van der Waals surface area contributed by atoms with Crippen molar-refractivity contribution in [1.82, 2.24) is 24.9 Å². The topological polar surface area (TPSA) is 96.5 Å². The summed E-state index contributed by atoms with van der Waals surface area (Å²) < 4.78 is 14.8. The molecular weight excluding hydrogens is 395 g/mol. The van der Waals surface area contributed by atoms with Crippen molar-refractivity contribution in [2.75, 3.05) is 11.9 Å². The molecule has 0 amide bonds. The van der Waals surface area contributed by atoms with Crippen molar-refractivity contribution in [3.8, 4) is 0 Å². The molecule has 1 saturated carbocycles. The van der Waals surface area contributed by atoms with Crippen molar-refractivity contribution in [2.24, 2.45) is 0 Å². The molecule has 2 N–H and O–H groups in total. The summed E-state index contributed by atoms with van der Waals surface area (Å²) in [5, 5.41) is 3.65. The number of ketones is 1.